The van der Waals surface area contributed by atoms with Crippen molar-refractivity contribution in [3.63, 3.8) is 0 Å². The van der Waals surface area contributed by atoms with Crippen LogP contribution >= 0.6 is 0 Å². The summed E-state index contributed by atoms with van der Waals surface area (Å²) in [6.07, 6.45) is 5.82. The average Bonchev–Trinajstić information content (AvgIpc) is 2.86. The molecule has 1 atom stereocenters. The highest BCUT2D eigenvalue weighted by Crippen LogP contribution is 2.15. The number of nitrogens with zero attached hydrogens (tertiary/aromatic N) is 4. The number of aromatic nitrogens is 5. The summed E-state index contributed by atoms with van der Waals surface area (Å²) in [6, 6.07) is 0.156. The fourth-order valence-corrected chi connectivity index (χ4v) is 1.64. The number of hydrogen-bond acceptors (Lipinski definition) is 4. The first kappa shape index (κ1) is 10.8. The van der Waals surface area contributed by atoms with E-state index in [0.29, 0.717) is 12.5 Å². The predicted molar refractivity (Wildman–Crippen MR) is 59.6 cm³/mol. The highest BCUT2D eigenvalue weighted by Gasteiger charge is 2.16. The SMILES string of the molecule is CC(C)n1cnnc1C(N)Cc1cnc[nH]1. The van der Waals surface area contributed by atoms with Crippen molar-refractivity contribution >= 4 is 0 Å². The van der Waals surface area contributed by atoms with E-state index in [2.05, 4.69) is 34.0 Å². The van der Waals surface area contributed by atoms with Gasteiger partial charge in [0.2, 0.25) is 0 Å². The number of H-pyrrole nitrogens is 1. The predicted octanol–water partition coefficient (Wildman–Crippen LogP) is 0.825. The lowest BCUT2D eigenvalue weighted by atomic mass is 10.1. The fraction of sp³-hybridized carbons (Fsp3) is 0.500. The first-order chi connectivity index (χ1) is 7.68. The van der Waals surface area contributed by atoms with Crippen LogP contribution in [0.2, 0.25) is 0 Å². The number of nitrogens with one attached hydrogen (secondary N) is 1. The maximum Gasteiger partial charge on any atom is 0.150 e. The van der Waals surface area contributed by atoms with E-state index in [1.54, 1.807) is 18.9 Å². The van der Waals surface area contributed by atoms with Crippen LogP contribution in [0.3, 0.4) is 0 Å². The molecular weight excluding hydrogens is 204 g/mol. The normalized spacial score (nSPS) is 13.2. The Bertz CT molecular complexity index is 430. The number of imidazole rings is 1. The molecule has 2 heterocycles. The third kappa shape index (κ3) is 2.11. The van der Waals surface area contributed by atoms with Crippen LogP contribution in [0.15, 0.2) is 18.9 Å². The van der Waals surface area contributed by atoms with Gasteiger partial charge in [0.1, 0.15) is 12.2 Å². The van der Waals surface area contributed by atoms with Crippen molar-refractivity contribution in [2.24, 2.45) is 5.73 Å². The molecule has 0 aromatic carbocycles. The Morgan fingerprint density at radius 1 is 1.50 bits per heavy atom. The van der Waals surface area contributed by atoms with E-state index < -0.39 is 0 Å². The number of nitrogens with two attached hydrogens (primary N) is 1. The van der Waals surface area contributed by atoms with Gasteiger partial charge < -0.3 is 15.3 Å². The van der Waals surface area contributed by atoms with Gasteiger partial charge in [-0.15, -0.1) is 10.2 Å². The molecule has 0 aliphatic rings. The van der Waals surface area contributed by atoms with Crippen LogP contribution in [0, 0.1) is 0 Å². The Hall–Kier alpha value is -1.69. The maximum absolute atomic E-state index is 6.10. The lowest BCUT2D eigenvalue weighted by Crippen LogP contribution is -2.20. The van der Waals surface area contributed by atoms with E-state index in [1.807, 2.05) is 4.57 Å². The van der Waals surface area contributed by atoms with Crippen LogP contribution in [0.4, 0.5) is 0 Å². The van der Waals surface area contributed by atoms with Crippen molar-refractivity contribution in [3.05, 3.63) is 30.4 Å². The van der Waals surface area contributed by atoms with Gasteiger partial charge in [0.05, 0.1) is 12.4 Å². The number of aromatic amines is 1. The van der Waals surface area contributed by atoms with Gasteiger partial charge in [-0.3, -0.25) is 0 Å². The highest BCUT2D eigenvalue weighted by molar-refractivity contribution is 5.04. The first-order valence-electron chi connectivity index (χ1n) is 5.30. The molecule has 1 unspecified atom stereocenters. The van der Waals surface area contributed by atoms with Crippen molar-refractivity contribution < 1.29 is 0 Å². The molecule has 0 aliphatic carbocycles. The standard InChI is InChI=1S/C10H16N6/c1-7(2)16-6-14-15-10(16)9(11)3-8-4-12-5-13-8/h4-7,9H,3,11H2,1-2H3,(H,12,13). The second kappa shape index (κ2) is 4.44. The van der Waals surface area contributed by atoms with E-state index in [4.69, 9.17) is 5.73 Å². The molecule has 86 valence electrons. The Kier molecular flexibility index (Phi) is 3.00. The van der Waals surface area contributed by atoms with Gasteiger partial charge in [-0.05, 0) is 13.8 Å². The van der Waals surface area contributed by atoms with Crippen molar-refractivity contribution in [1.29, 1.82) is 0 Å². The minimum atomic E-state index is -0.162. The Balaban J connectivity index is 2.14. The summed E-state index contributed by atoms with van der Waals surface area (Å²) in [7, 11) is 0. The molecule has 0 amide bonds. The van der Waals surface area contributed by atoms with E-state index in [1.165, 1.54) is 0 Å². The lowest BCUT2D eigenvalue weighted by molar-refractivity contribution is 0.526. The molecule has 2 aromatic heterocycles. The molecule has 0 bridgehead atoms. The van der Waals surface area contributed by atoms with Gasteiger partial charge in [-0.25, -0.2) is 4.98 Å². The molecule has 3 N–H and O–H groups in total. The summed E-state index contributed by atoms with van der Waals surface area (Å²) in [4.78, 5) is 6.99. The molecule has 16 heavy (non-hydrogen) atoms. The Morgan fingerprint density at radius 2 is 2.31 bits per heavy atom. The Labute approximate surface area is 93.9 Å². The first-order valence-corrected chi connectivity index (χ1v) is 5.30. The van der Waals surface area contributed by atoms with Crippen LogP contribution in [-0.2, 0) is 6.42 Å². The molecule has 0 aliphatic heterocycles. The van der Waals surface area contributed by atoms with Crippen molar-refractivity contribution in [3.8, 4) is 0 Å². The molecular formula is C10H16N6. The summed E-state index contributed by atoms with van der Waals surface area (Å²) in [5, 5.41) is 7.97. The van der Waals surface area contributed by atoms with Crippen LogP contribution < -0.4 is 5.73 Å². The number of hydrogen-bond donors (Lipinski definition) is 2. The number of rotatable bonds is 4. The highest BCUT2D eigenvalue weighted by atomic mass is 15.3. The van der Waals surface area contributed by atoms with Crippen molar-refractivity contribution in [1.82, 2.24) is 24.7 Å². The molecule has 0 fully saturated rings. The summed E-state index contributed by atoms with van der Waals surface area (Å²) in [6.45, 7) is 4.16. The van der Waals surface area contributed by atoms with Crippen LogP contribution in [-0.4, -0.2) is 24.7 Å². The molecule has 0 radical (unpaired) electrons. The summed E-state index contributed by atoms with van der Waals surface area (Å²) in [5.41, 5.74) is 7.10. The van der Waals surface area contributed by atoms with Crippen molar-refractivity contribution in [2.75, 3.05) is 0 Å². The Morgan fingerprint density at radius 3 is 2.94 bits per heavy atom. The second-order valence-corrected chi connectivity index (χ2v) is 4.08. The molecule has 0 spiro atoms. The zero-order chi connectivity index (χ0) is 11.5. The summed E-state index contributed by atoms with van der Waals surface area (Å²) in [5.74, 6) is 0.810. The third-order valence-electron chi connectivity index (χ3n) is 2.48. The van der Waals surface area contributed by atoms with Crippen LogP contribution in [0.25, 0.3) is 0 Å². The topological polar surface area (TPSA) is 85.4 Å². The van der Waals surface area contributed by atoms with E-state index in [0.717, 1.165) is 11.5 Å². The second-order valence-electron chi connectivity index (χ2n) is 4.08. The zero-order valence-electron chi connectivity index (χ0n) is 9.46. The largest absolute Gasteiger partial charge is 0.348 e. The molecule has 2 rings (SSSR count). The van der Waals surface area contributed by atoms with Gasteiger partial charge >= 0.3 is 0 Å². The van der Waals surface area contributed by atoms with E-state index in [-0.39, 0.29) is 6.04 Å². The van der Waals surface area contributed by atoms with Gasteiger partial charge in [0, 0.05) is 24.4 Å². The quantitative estimate of drug-likeness (QED) is 0.799. The molecule has 6 heteroatoms. The molecule has 2 aromatic rings. The van der Waals surface area contributed by atoms with Gasteiger partial charge in [-0.2, -0.15) is 0 Å². The van der Waals surface area contributed by atoms with Gasteiger partial charge in [0.15, 0.2) is 0 Å². The molecule has 0 saturated heterocycles. The smallest absolute Gasteiger partial charge is 0.150 e. The molecule has 0 saturated carbocycles. The van der Waals surface area contributed by atoms with Crippen LogP contribution in [0.1, 0.15) is 37.4 Å². The lowest BCUT2D eigenvalue weighted by Gasteiger charge is -2.14. The van der Waals surface area contributed by atoms with Gasteiger partial charge in [0.25, 0.3) is 0 Å². The van der Waals surface area contributed by atoms with E-state index >= 15 is 0 Å². The monoisotopic (exact) mass is 220 g/mol. The third-order valence-corrected chi connectivity index (χ3v) is 2.48. The van der Waals surface area contributed by atoms with E-state index in [9.17, 15) is 0 Å². The fourth-order valence-electron chi connectivity index (χ4n) is 1.64. The average molecular weight is 220 g/mol. The molecule has 6 nitrogen and oxygen atoms in total. The van der Waals surface area contributed by atoms with Crippen molar-refractivity contribution in [2.45, 2.75) is 32.4 Å². The summed E-state index contributed by atoms with van der Waals surface area (Å²) < 4.78 is 1.99. The summed E-state index contributed by atoms with van der Waals surface area (Å²) >= 11 is 0. The maximum atomic E-state index is 6.10. The van der Waals surface area contributed by atoms with Gasteiger partial charge in [-0.1, -0.05) is 0 Å². The minimum absolute atomic E-state index is 0.162. The minimum Gasteiger partial charge on any atom is -0.348 e. The van der Waals surface area contributed by atoms with Crippen LogP contribution in [0.5, 0.6) is 0 Å². The zero-order valence-corrected chi connectivity index (χ0v) is 9.46.